The Bertz CT molecular complexity index is 921. The quantitative estimate of drug-likeness (QED) is 0.340. The van der Waals surface area contributed by atoms with Crippen LogP contribution in [-0.4, -0.2) is 27.5 Å². The fourth-order valence-electron chi connectivity index (χ4n) is 2.91. The molecule has 28 heavy (non-hydrogen) atoms. The molecule has 2 aromatic rings. The fourth-order valence-corrected chi connectivity index (χ4v) is 3.41. The molecule has 1 aliphatic heterocycles. The number of nitrogens with zero attached hydrogens (tertiary/aromatic N) is 2. The zero-order valence-corrected chi connectivity index (χ0v) is 15.4. The van der Waals surface area contributed by atoms with E-state index in [4.69, 9.17) is 0 Å². The van der Waals surface area contributed by atoms with Gasteiger partial charge in [0, 0.05) is 17.0 Å². The van der Waals surface area contributed by atoms with Crippen LogP contribution in [0.4, 0.5) is 19.3 Å². The van der Waals surface area contributed by atoms with Crippen LogP contribution in [0.2, 0.25) is 0 Å². The highest BCUT2D eigenvalue weighted by molar-refractivity contribution is 7.99. The van der Waals surface area contributed by atoms with Crippen molar-refractivity contribution in [2.45, 2.75) is 29.7 Å². The Labute approximate surface area is 162 Å². The highest BCUT2D eigenvalue weighted by atomic mass is 32.2. The number of hydrogen-bond donors (Lipinski definition) is 1. The van der Waals surface area contributed by atoms with Crippen molar-refractivity contribution in [2.24, 2.45) is 0 Å². The summed E-state index contributed by atoms with van der Waals surface area (Å²) in [5.41, 5.74) is -0.446. The summed E-state index contributed by atoms with van der Waals surface area (Å²) in [4.78, 5) is 36.9. The van der Waals surface area contributed by atoms with Crippen molar-refractivity contribution in [3.05, 3.63) is 69.8 Å². The molecule has 0 spiro atoms. The molecule has 3 rings (SSSR count). The second-order valence-electron chi connectivity index (χ2n) is 6.27. The molecule has 0 saturated carbocycles. The fraction of sp³-hybridized carbons (Fsp3) is 0.222. The van der Waals surface area contributed by atoms with Crippen LogP contribution >= 0.6 is 11.8 Å². The van der Waals surface area contributed by atoms with E-state index in [2.05, 4.69) is 5.32 Å². The van der Waals surface area contributed by atoms with Crippen molar-refractivity contribution in [2.75, 3.05) is 0 Å². The smallest absolute Gasteiger partial charge is 0.319 e. The Morgan fingerprint density at radius 1 is 1.14 bits per heavy atom. The first-order chi connectivity index (χ1) is 13.2. The van der Waals surface area contributed by atoms with Crippen molar-refractivity contribution < 1.29 is 23.3 Å². The molecular weight excluding hydrogens is 392 g/mol. The van der Waals surface area contributed by atoms with E-state index in [-0.39, 0.29) is 12.2 Å². The molecule has 1 saturated heterocycles. The maximum absolute atomic E-state index is 12.9. The van der Waals surface area contributed by atoms with Gasteiger partial charge in [-0.25, -0.2) is 4.79 Å². The number of alkyl halides is 2. The normalized spacial score (nSPS) is 19.2. The van der Waals surface area contributed by atoms with E-state index >= 15 is 0 Å². The molecular formula is C18H15F2N3O4S. The Balaban J connectivity index is 1.78. The molecule has 7 nitrogen and oxygen atoms in total. The summed E-state index contributed by atoms with van der Waals surface area (Å²) in [5.74, 6) is -3.03. The Morgan fingerprint density at radius 2 is 1.75 bits per heavy atom. The van der Waals surface area contributed by atoms with Crippen molar-refractivity contribution in [1.29, 1.82) is 0 Å². The summed E-state index contributed by atoms with van der Waals surface area (Å²) in [5, 5.41) is 13.4. The Hall–Kier alpha value is -3.01. The van der Waals surface area contributed by atoms with Gasteiger partial charge in [0.05, 0.1) is 11.5 Å². The number of thioether (sulfide) groups is 1. The molecule has 10 heteroatoms. The van der Waals surface area contributed by atoms with E-state index in [9.17, 15) is 28.5 Å². The third-order valence-electron chi connectivity index (χ3n) is 4.42. The maximum atomic E-state index is 12.9. The Morgan fingerprint density at radius 3 is 2.29 bits per heavy atom. The molecule has 3 amide bonds. The van der Waals surface area contributed by atoms with Crippen LogP contribution in [0.3, 0.4) is 0 Å². The zero-order chi connectivity index (χ0) is 20.5. The predicted molar refractivity (Wildman–Crippen MR) is 97.8 cm³/mol. The van der Waals surface area contributed by atoms with Gasteiger partial charge in [-0.2, -0.15) is 8.78 Å². The number of nitrogens with one attached hydrogen (secondary N) is 1. The van der Waals surface area contributed by atoms with E-state index in [1.165, 1.54) is 43.3 Å². The standard InChI is InChI=1S/C18H15F2N3O4S/c1-18(12-4-6-13(7-5-12)23(26)27)15(24)22(17(25)21-18)10-11-2-8-14(9-3-11)28-16(19)20/h2-9,16H,10H2,1H3,(H,21,25). The van der Waals surface area contributed by atoms with E-state index in [0.717, 1.165) is 4.90 Å². The minimum atomic E-state index is -2.53. The predicted octanol–water partition coefficient (Wildman–Crippen LogP) is 3.88. The molecule has 1 aliphatic rings. The molecule has 0 radical (unpaired) electrons. The number of nitro groups is 1. The van der Waals surface area contributed by atoms with Gasteiger partial charge < -0.3 is 5.32 Å². The average Bonchev–Trinajstić information content (AvgIpc) is 2.87. The lowest BCUT2D eigenvalue weighted by Crippen LogP contribution is -2.40. The van der Waals surface area contributed by atoms with E-state index in [1.54, 1.807) is 12.1 Å². The lowest BCUT2D eigenvalue weighted by Gasteiger charge is -2.22. The lowest BCUT2D eigenvalue weighted by molar-refractivity contribution is -0.384. The molecule has 1 atom stereocenters. The second-order valence-corrected chi connectivity index (χ2v) is 7.34. The minimum Gasteiger partial charge on any atom is -0.319 e. The third kappa shape index (κ3) is 3.81. The second kappa shape index (κ2) is 7.55. The molecule has 1 N–H and O–H groups in total. The van der Waals surface area contributed by atoms with Crippen molar-refractivity contribution in [1.82, 2.24) is 10.2 Å². The molecule has 1 unspecified atom stereocenters. The molecule has 2 aromatic carbocycles. The molecule has 0 bridgehead atoms. The van der Waals surface area contributed by atoms with Crippen LogP contribution in [0.15, 0.2) is 53.4 Å². The number of non-ortho nitro benzene ring substituents is 1. The summed E-state index contributed by atoms with van der Waals surface area (Å²) in [6.07, 6.45) is 0. The number of rotatable bonds is 6. The van der Waals surface area contributed by atoms with Gasteiger partial charge in [-0.05, 0) is 42.3 Å². The van der Waals surface area contributed by atoms with Gasteiger partial charge in [-0.3, -0.25) is 19.8 Å². The van der Waals surface area contributed by atoms with Crippen LogP contribution < -0.4 is 5.32 Å². The summed E-state index contributed by atoms with van der Waals surface area (Å²) in [7, 11) is 0. The number of urea groups is 1. The minimum absolute atomic E-state index is 0.0210. The van der Waals surface area contributed by atoms with Gasteiger partial charge in [-0.15, -0.1) is 0 Å². The van der Waals surface area contributed by atoms with E-state index in [1.807, 2.05) is 0 Å². The van der Waals surface area contributed by atoms with Crippen LogP contribution in [-0.2, 0) is 16.9 Å². The van der Waals surface area contributed by atoms with Crippen molar-refractivity contribution in [3.8, 4) is 0 Å². The van der Waals surface area contributed by atoms with Crippen LogP contribution in [0.5, 0.6) is 0 Å². The number of nitro benzene ring substituents is 1. The van der Waals surface area contributed by atoms with Crippen LogP contribution in [0.1, 0.15) is 18.1 Å². The van der Waals surface area contributed by atoms with Crippen LogP contribution in [0, 0.1) is 10.1 Å². The lowest BCUT2D eigenvalue weighted by atomic mass is 9.92. The van der Waals surface area contributed by atoms with Gasteiger partial charge >= 0.3 is 6.03 Å². The monoisotopic (exact) mass is 407 g/mol. The van der Waals surface area contributed by atoms with Crippen LogP contribution in [0.25, 0.3) is 0 Å². The number of imide groups is 1. The third-order valence-corrected chi connectivity index (χ3v) is 5.14. The largest absolute Gasteiger partial charge is 0.325 e. The number of benzene rings is 2. The number of amides is 3. The van der Waals surface area contributed by atoms with E-state index in [0.29, 0.717) is 27.8 Å². The highest BCUT2D eigenvalue weighted by Crippen LogP contribution is 2.31. The van der Waals surface area contributed by atoms with Gasteiger partial charge in [0.15, 0.2) is 0 Å². The summed E-state index contributed by atoms with van der Waals surface area (Å²) < 4.78 is 24.8. The van der Waals surface area contributed by atoms with Gasteiger partial charge in [0.2, 0.25) is 0 Å². The first-order valence-corrected chi connectivity index (χ1v) is 9.01. The zero-order valence-electron chi connectivity index (χ0n) is 14.6. The number of hydrogen-bond acceptors (Lipinski definition) is 5. The number of carbonyl (C=O) groups excluding carboxylic acids is 2. The molecule has 1 heterocycles. The SMILES string of the molecule is CC1(c2ccc([N+](=O)[O-])cc2)NC(=O)N(Cc2ccc(SC(F)F)cc2)C1=O. The maximum Gasteiger partial charge on any atom is 0.325 e. The van der Waals surface area contributed by atoms with Crippen molar-refractivity contribution >= 4 is 29.4 Å². The molecule has 0 aromatic heterocycles. The number of carbonyl (C=O) groups is 2. The topological polar surface area (TPSA) is 92.6 Å². The van der Waals surface area contributed by atoms with Gasteiger partial charge in [0.1, 0.15) is 5.54 Å². The highest BCUT2D eigenvalue weighted by Gasteiger charge is 2.48. The first kappa shape index (κ1) is 19.7. The summed E-state index contributed by atoms with van der Waals surface area (Å²) >= 11 is 0.410. The average molecular weight is 407 g/mol. The van der Waals surface area contributed by atoms with Gasteiger partial charge in [-0.1, -0.05) is 23.9 Å². The van der Waals surface area contributed by atoms with Gasteiger partial charge in [0.25, 0.3) is 17.4 Å². The molecule has 0 aliphatic carbocycles. The Kier molecular flexibility index (Phi) is 5.32. The molecule has 1 fully saturated rings. The number of halogens is 2. The summed E-state index contributed by atoms with van der Waals surface area (Å²) in [6.45, 7) is 1.50. The molecule has 146 valence electrons. The first-order valence-electron chi connectivity index (χ1n) is 8.13. The summed E-state index contributed by atoms with van der Waals surface area (Å²) in [6, 6.07) is 10.9. The van der Waals surface area contributed by atoms with Crippen molar-refractivity contribution in [3.63, 3.8) is 0 Å². The van der Waals surface area contributed by atoms with E-state index < -0.39 is 28.2 Å².